The van der Waals surface area contributed by atoms with Gasteiger partial charge in [0.05, 0.1) is 36.2 Å². The largest absolute Gasteiger partial charge is 0.496 e. The highest BCUT2D eigenvalue weighted by Gasteiger charge is 2.57. The second-order valence-electron chi connectivity index (χ2n) is 11.0. The standard InChI is InChI=1S/C32H29F6N5O4/c1-16(2)30(3,14-39)43-27(44)21-12-18(8-11-23(21)46-5)20-13-22-24(28(45)40-4)25(17-6-9-19(33)10-7-17)47-29(22)42-26(20)41-15-31(34,35)32(36,37)38/h6-13,16H,15H2,1-5H3,(H,40,45)(H,41,42)(H,43,44). The number of aromatic nitrogens is 1. The van der Waals surface area contributed by atoms with Gasteiger partial charge in [-0.05, 0) is 60.9 Å². The average molecular weight is 662 g/mol. The molecule has 0 aliphatic heterocycles. The van der Waals surface area contributed by atoms with Crippen molar-refractivity contribution < 1.29 is 45.1 Å². The molecule has 0 saturated carbocycles. The fourth-order valence-corrected chi connectivity index (χ4v) is 4.49. The fourth-order valence-electron chi connectivity index (χ4n) is 4.49. The maximum atomic E-state index is 14.0. The molecule has 0 fully saturated rings. The average Bonchev–Trinajstić information content (AvgIpc) is 3.40. The molecule has 47 heavy (non-hydrogen) atoms. The molecule has 0 spiro atoms. The van der Waals surface area contributed by atoms with Gasteiger partial charge in [-0.3, -0.25) is 9.59 Å². The van der Waals surface area contributed by atoms with E-state index >= 15 is 0 Å². The predicted octanol–water partition coefficient (Wildman–Crippen LogP) is 6.95. The van der Waals surface area contributed by atoms with Crippen LogP contribution in [0.2, 0.25) is 0 Å². The van der Waals surface area contributed by atoms with E-state index in [1.807, 2.05) is 5.32 Å². The van der Waals surface area contributed by atoms with Crippen molar-refractivity contribution in [2.45, 2.75) is 38.4 Å². The first kappa shape index (κ1) is 34.6. The third kappa shape index (κ3) is 6.81. The van der Waals surface area contributed by atoms with Crippen molar-refractivity contribution in [3.63, 3.8) is 0 Å². The Morgan fingerprint density at radius 1 is 1.02 bits per heavy atom. The summed E-state index contributed by atoms with van der Waals surface area (Å²) in [5.74, 6) is -7.97. The maximum absolute atomic E-state index is 14.0. The predicted molar refractivity (Wildman–Crippen MR) is 161 cm³/mol. The van der Waals surface area contributed by atoms with Crippen LogP contribution in [-0.2, 0) is 0 Å². The number of amides is 2. The Labute approximate surface area is 264 Å². The lowest BCUT2D eigenvalue weighted by Crippen LogP contribution is -2.48. The van der Waals surface area contributed by atoms with Crippen LogP contribution in [0.4, 0.5) is 32.2 Å². The molecule has 3 N–H and O–H groups in total. The lowest BCUT2D eigenvalue weighted by atomic mass is 9.89. The molecule has 1 atom stereocenters. The van der Waals surface area contributed by atoms with Gasteiger partial charge in [-0.25, -0.2) is 4.39 Å². The molecule has 2 aromatic carbocycles. The number of alkyl halides is 5. The number of benzene rings is 2. The molecular formula is C32H29F6N5O4. The van der Waals surface area contributed by atoms with Crippen LogP contribution in [0.3, 0.4) is 0 Å². The number of hydrogen-bond donors (Lipinski definition) is 3. The monoisotopic (exact) mass is 661 g/mol. The first-order valence-corrected chi connectivity index (χ1v) is 14.0. The third-order valence-corrected chi connectivity index (χ3v) is 7.65. The van der Waals surface area contributed by atoms with Crippen LogP contribution in [0, 0.1) is 23.1 Å². The number of carbonyl (C=O) groups is 2. The number of nitrogens with one attached hydrogen (secondary N) is 3. The van der Waals surface area contributed by atoms with Crippen molar-refractivity contribution in [2.75, 3.05) is 26.0 Å². The van der Waals surface area contributed by atoms with Crippen LogP contribution >= 0.6 is 0 Å². The number of halogens is 6. The normalized spacial score (nSPS) is 13.2. The highest BCUT2D eigenvalue weighted by molar-refractivity contribution is 6.11. The number of ether oxygens (including phenoxy) is 1. The number of nitrogens with zero attached hydrogens (tertiary/aromatic N) is 2. The molecule has 2 heterocycles. The Balaban J connectivity index is 1.98. The van der Waals surface area contributed by atoms with E-state index in [-0.39, 0.29) is 56.3 Å². The molecule has 9 nitrogen and oxygen atoms in total. The van der Waals surface area contributed by atoms with Crippen molar-refractivity contribution in [2.24, 2.45) is 5.92 Å². The molecular weight excluding hydrogens is 632 g/mol. The lowest BCUT2D eigenvalue weighted by molar-refractivity contribution is -0.275. The van der Waals surface area contributed by atoms with Crippen LogP contribution in [0.15, 0.2) is 52.9 Å². The van der Waals surface area contributed by atoms with Gasteiger partial charge in [0.1, 0.15) is 28.7 Å². The summed E-state index contributed by atoms with van der Waals surface area (Å²) >= 11 is 0. The summed E-state index contributed by atoms with van der Waals surface area (Å²) in [5, 5.41) is 16.9. The number of nitriles is 1. The summed E-state index contributed by atoms with van der Waals surface area (Å²) in [5.41, 5.74) is -1.53. The van der Waals surface area contributed by atoms with Gasteiger partial charge in [-0.2, -0.15) is 32.2 Å². The molecule has 0 bridgehead atoms. The summed E-state index contributed by atoms with van der Waals surface area (Å²) in [7, 11) is 2.62. The minimum atomic E-state index is -5.88. The smallest absolute Gasteiger partial charge is 0.455 e. The van der Waals surface area contributed by atoms with Crippen molar-refractivity contribution in [1.82, 2.24) is 15.6 Å². The molecule has 248 valence electrons. The van der Waals surface area contributed by atoms with E-state index in [4.69, 9.17) is 9.15 Å². The zero-order chi connectivity index (χ0) is 34.9. The minimum absolute atomic E-state index is 0.0329. The third-order valence-electron chi connectivity index (χ3n) is 7.65. The van der Waals surface area contributed by atoms with E-state index in [0.717, 1.165) is 12.1 Å². The highest BCUT2D eigenvalue weighted by atomic mass is 19.4. The summed E-state index contributed by atoms with van der Waals surface area (Å²) in [6.07, 6.45) is -5.88. The van der Waals surface area contributed by atoms with E-state index in [1.54, 1.807) is 13.8 Å². The van der Waals surface area contributed by atoms with Crippen molar-refractivity contribution in [3.05, 3.63) is 65.5 Å². The first-order valence-electron chi connectivity index (χ1n) is 14.0. The number of anilines is 1. The highest BCUT2D eigenvalue weighted by Crippen LogP contribution is 2.40. The first-order chi connectivity index (χ1) is 22.0. The second kappa shape index (κ2) is 12.9. The zero-order valence-corrected chi connectivity index (χ0v) is 25.7. The van der Waals surface area contributed by atoms with Gasteiger partial charge in [0.2, 0.25) is 5.71 Å². The van der Waals surface area contributed by atoms with Crippen LogP contribution in [0.5, 0.6) is 5.75 Å². The Kier molecular flexibility index (Phi) is 9.47. The van der Waals surface area contributed by atoms with E-state index in [9.17, 15) is 41.2 Å². The van der Waals surface area contributed by atoms with Gasteiger partial charge < -0.3 is 25.1 Å². The number of rotatable bonds is 10. The molecule has 1 unspecified atom stereocenters. The molecule has 0 aliphatic carbocycles. The molecule has 0 radical (unpaired) electrons. The molecule has 0 saturated heterocycles. The van der Waals surface area contributed by atoms with E-state index in [0.29, 0.717) is 0 Å². The summed E-state index contributed by atoms with van der Waals surface area (Å²) in [6.45, 7) is 3.06. The van der Waals surface area contributed by atoms with Gasteiger partial charge in [0.15, 0.2) is 0 Å². The number of hydrogen-bond acceptors (Lipinski definition) is 7. The van der Waals surface area contributed by atoms with Crippen molar-refractivity contribution >= 4 is 28.7 Å². The quantitative estimate of drug-likeness (QED) is 0.157. The lowest BCUT2D eigenvalue weighted by Gasteiger charge is -2.27. The van der Waals surface area contributed by atoms with Crippen molar-refractivity contribution in [1.29, 1.82) is 5.26 Å². The van der Waals surface area contributed by atoms with Gasteiger partial charge in [0.25, 0.3) is 11.8 Å². The molecule has 4 rings (SSSR count). The molecule has 0 aliphatic rings. The Hall–Kier alpha value is -5.26. The Morgan fingerprint density at radius 2 is 1.66 bits per heavy atom. The molecule has 2 amide bonds. The SMILES string of the molecule is CNC(=O)c1c(-c2ccc(F)cc2)oc2nc(NCC(F)(F)C(F)(F)F)c(-c3ccc(OC)c(C(=O)NC(C)(C#N)C(C)C)c3)cc12. The van der Waals surface area contributed by atoms with Gasteiger partial charge in [-0.15, -0.1) is 0 Å². The van der Waals surface area contributed by atoms with E-state index < -0.39 is 47.6 Å². The second-order valence-corrected chi connectivity index (χ2v) is 11.0. The fraction of sp³-hybridized carbons (Fsp3) is 0.312. The Morgan fingerprint density at radius 3 is 2.21 bits per heavy atom. The summed E-state index contributed by atoms with van der Waals surface area (Å²) < 4.78 is 92.1. The van der Waals surface area contributed by atoms with E-state index in [1.165, 1.54) is 57.5 Å². The zero-order valence-electron chi connectivity index (χ0n) is 25.7. The van der Waals surface area contributed by atoms with Gasteiger partial charge in [-0.1, -0.05) is 19.9 Å². The number of fused-ring (bicyclic) bond motifs is 1. The minimum Gasteiger partial charge on any atom is -0.496 e. The number of pyridine rings is 1. The van der Waals surface area contributed by atoms with Gasteiger partial charge >= 0.3 is 12.1 Å². The number of carbonyl (C=O) groups excluding carboxylic acids is 2. The topological polar surface area (TPSA) is 129 Å². The van der Waals surface area contributed by atoms with E-state index in [2.05, 4.69) is 21.7 Å². The number of furan rings is 1. The number of methoxy groups -OCH3 is 1. The van der Waals surface area contributed by atoms with Gasteiger partial charge in [0, 0.05) is 18.2 Å². The molecule has 15 heteroatoms. The maximum Gasteiger partial charge on any atom is 0.455 e. The van der Waals surface area contributed by atoms with Crippen LogP contribution in [0.25, 0.3) is 33.6 Å². The van der Waals surface area contributed by atoms with Crippen molar-refractivity contribution in [3.8, 4) is 34.3 Å². The van der Waals surface area contributed by atoms with Crippen LogP contribution in [-0.4, -0.2) is 55.1 Å². The molecule has 2 aromatic heterocycles. The Bertz CT molecular complexity index is 1870. The van der Waals surface area contributed by atoms with Crippen LogP contribution < -0.4 is 20.7 Å². The summed E-state index contributed by atoms with van der Waals surface area (Å²) in [4.78, 5) is 30.7. The van der Waals surface area contributed by atoms with Crippen LogP contribution in [0.1, 0.15) is 41.5 Å². The molecule has 4 aromatic rings. The summed E-state index contributed by atoms with van der Waals surface area (Å²) in [6, 6.07) is 12.3.